The fourth-order valence-electron chi connectivity index (χ4n) is 3.86. The predicted molar refractivity (Wildman–Crippen MR) is 109 cm³/mol. The molecule has 0 radical (unpaired) electrons. The summed E-state index contributed by atoms with van der Waals surface area (Å²) in [5.41, 5.74) is 1.11. The van der Waals surface area contributed by atoms with Crippen molar-refractivity contribution in [1.82, 2.24) is 15.5 Å². The van der Waals surface area contributed by atoms with Crippen molar-refractivity contribution >= 4 is 18.0 Å². The Labute approximate surface area is 171 Å². The normalized spacial score (nSPS) is 20.9. The number of hydrogen-bond donors (Lipinski definition) is 3. The van der Waals surface area contributed by atoms with Gasteiger partial charge in [-0.15, -0.1) is 0 Å². The van der Waals surface area contributed by atoms with E-state index >= 15 is 0 Å². The number of likely N-dealkylation sites (N-methyl/N-ethyl adjacent to an activating group) is 1. The quantitative estimate of drug-likeness (QED) is 0.641. The summed E-state index contributed by atoms with van der Waals surface area (Å²) in [7, 11) is 2.13. The zero-order valence-corrected chi connectivity index (χ0v) is 17.4. The first-order valence-corrected chi connectivity index (χ1v) is 10.0. The van der Waals surface area contributed by atoms with Crippen molar-refractivity contribution in [3.05, 3.63) is 29.8 Å². The molecule has 0 spiro atoms. The van der Waals surface area contributed by atoms with Crippen LogP contribution < -0.4 is 15.4 Å². The molecular formula is C21H31N3O5. The molecule has 8 nitrogen and oxygen atoms in total. The average Bonchev–Trinajstić information content (AvgIpc) is 2.87. The lowest BCUT2D eigenvalue weighted by Gasteiger charge is -2.35. The second kappa shape index (κ2) is 10.2. The van der Waals surface area contributed by atoms with Crippen LogP contribution in [0.4, 0.5) is 4.79 Å². The lowest BCUT2D eigenvalue weighted by atomic mass is 9.74. The summed E-state index contributed by atoms with van der Waals surface area (Å²) in [6.07, 6.45) is 3.49. The molecule has 1 saturated heterocycles. The fraction of sp³-hybridized carbons (Fsp3) is 0.571. The molecule has 1 aliphatic rings. The molecule has 2 atom stereocenters. The second-order valence-electron chi connectivity index (χ2n) is 7.72. The number of carboxylic acids is 1. The monoisotopic (exact) mass is 405 g/mol. The lowest BCUT2D eigenvalue weighted by molar-refractivity contribution is -0.139. The molecule has 2 unspecified atom stereocenters. The molecule has 1 aromatic carbocycles. The average molecular weight is 405 g/mol. The van der Waals surface area contributed by atoms with Crippen molar-refractivity contribution in [2.24, 2.45) is 0 Å². The third-order valence-corrected chi connectivity index (χ3v) is 5.50. The number of carbonyl (C=O) groups excluding carboxylic acids is 2. The fourth-order valence-corrected chi connectivity index (χ4v) is 3.86. The summed E-state index contributed by atoms with van der Waals surface area (Å²) in [5.74, 6) is -1.27. The Morgan fingerprint density at radius 2 is 2.07 bits per heavy atom. The summed E-state index contributed by atoms with van der Waals surface area (Å²) in [4.78, 5) is 36.8. The lowest BCUT2D eigenvalue weighted by Crippen LogP contribution is -2.49. The SMILES string of the molecule is CCC1(c2cccc(OC(=O)NC(CNC(C)=O)C(=O)O)c2)CCCCN(C)C1. The Bertz CT molecular complexity index is 739. The van der Waals surface area contributed by atoms with Gasteiger partial charge in [-0.3, -0.25) is 4.79 Å². The van der Waals surface area contributed by atoms with Gasteiger partial charge in [0.1, 0.15) is 11.8 Å². The summed E-state index contributed by atoms with van der Waals surface area (Å²) < 4.78 is 5.34. The largest absolute Gasteiger partial charge is 0.480 e. The van der Waals surface area contributed by atoms with Crippen LogP contribution in [0.3, 0.4) is 0 Å². The first-order chi connectivity index (χ1) is 13.8. The number of hydrogen-bond acceptors (Lipinski definition) is 5. The van der Waals surface area contributed by atoms with Crippen molar-refractivity contribution in [3.63, 3.8) is 0 Å². The van der Waals surface area contributed by atoms with E-state index < -0.39 is 18.1 Å². The molecule has 2 rings (SSSR count). The maximum Gasteiger partial charge on any atom is 0.413 e. The topological polar surface area (TPSA) is 108 Å². The smallest absolute Gasteiger partial charge is 0.413 e. The zero-order valence-electron chi connectivity index (χ0n) is 17.4. The standard InChI is InChI=1S/C21H31N3O5/c1-4-21(10-5-6-11-24(3)14-21)16-8-7-9-17(12-16)29-20(28)23-18(19(26)27)13-22-15(2)25/h7-9,12,18H,4-6,10-11,13-14H2,1-3H3,(H,22,25)(H,23,28)(H,26,27). The zero-order chi connectivity index (χ0) is 21.4. The van der Waals surface area contributed by atoms with Crippen molar-refractivity contribution in [2.75, 3.05) is 26.7 Å². The van der Waals surface area contributed by atoms with Gasteiger partial charge in [0.2, 0.25) is 5.91 Å². The summed E-state index contributed by atoms with van der Waals surface area (Å²) >= 11 is 0. The number of ether oxygens (including phenoxy) is 1. The first kappa shape index (κ1) is 22.7. The number of rotatable bonds is 7. The number of amides is 2. The molecule has 3 N–H and O–H groups in total. The highest BCUT2D eigenvalue weighted by Gasteiger charge is 2.33. The van der Waals surface area contributed by atoms with Gasteiger partial charge in [-0.25, -0.2) is 9.59 Å². The molecule has 0 aromatic heterocycles. The maximum absolute atomic E-state index is 12.2. The van der Waals surface area contributed by atoms with Gasteiger partial charge in [-0.2, -0.15) is 0 Å². The number of benzene rings is 1. The van der Waals surface area contributed by atoms with Gasteiger partial charge in [0.05, 0.1) is 0 Å². The highest BCUT2D eigenvalue weighted by atomic mass is 16.6. The van der Waals surface area contributed by atoms with Crippen molar-refractivity contribution < 1.29 is 24.2 Å². The Morgan fingerprint density at radius 3 is 2.72 bits per heavy atom. The van der Waals surface area contributed by atoms with Crippen LogP contribution in [0.2, 0.25) is 0 Å². The minimum absolute atomic E-state index is 0.00387. The Hall–Kier alpha value is -2.61. The minimum atomic E-state index is -1.27. The summed E-state index contributed by atoms with van der Waals surface area (Å²) in [6.45, 7) is 5.25. The molecule has 1 aliphatic heterocycles. The molecule has 2 amide bonds. The van der Waals surface area contributed by atoms with Gasteiger partial charge in [-0.05, 0) is 50.6 Å². The molecule has 160 valence electrons. The van der Waals surface area contributed by atoms with E-state index in [1.54, 1.807) is 6.07 Å². The minimum Gasteiger partial charge on any atom is -0.480 e. The Balaban J connectivity index is 2.11. The molecule has 0 aliphatic carbocycles. The number of likely N-dealkylation sites (tertiary alicyclic amines) is 1. The van der Waals surface area contributed by atoms with Crippen LogP contribution in [0, 0.1) is 0 Å². The number of carbonyl (C=O) groups is 3. The molecule has 29 heavy (non-hydrogen) atoms. The molecule has 0 bridgehead atoms. The van der Waals surface area contributed by atoms with E-state index in [0.29, 0.717) is 5.75 Å². The van der Waals surface area contributed by atoms with Gasteiger partial charge in [0, 0.05) is 25.4 Å². The molecular weight excluding hydrogens is 374 g/mol. The molecule has 1 aromatic rings. The van der Waals surface area contributed by atoms with Crippen molar-refractivity contribution in [1.29, 1.82) is 0 Å². The molecule has 1 heterocycles. The third-order valence-electron chi connectivity index (χ3n) is 5.50. The van der Waals surface area contributed by atoms with Crippen LogP contribution >= 0.6 is 0 Å². The third kappa shape index (κ3) is 6.45. The van der Waals surface area contributed by atoms with E-state index in [4.69, 9.17) is 4.74 Å². The number of carboxylic acid groups (broad SMARTS) is 1. The van der Waals surface area contributed by atoms with Gasteiger partial charge >= 0.3 is 12.1 Å². The molecule has 8 heteroatoms. The van der Waals surface area contributed by atoms with Crippen LogP contribution in [0.5, 0.6) is 5.75 Å². The van der Waals surface area contributed by atoms with Crippen LogP contribution in [0.1, 0.15) is 45.1 Å². The second-order valence-corrected chi connectivity index (χ2v) is 7.72. The van der Waals surface area contributed by atoms with Crippen LogP contribution in [-0.2, 0) is 15.0 Å². The number of nitrogens with zero attached hydrogens (tertiary/aromatic N) is 1. The number of nitrogens with one attached hydrogen (secondary N) is 2. The van der Waals surface area contributed by atoms with Crippen molar-refractivity contribution in [2.45, 2.75) is 51.0 Å². The van der Waals surface area contributed by atoms with Crippen molar-refractivity contribution in [3.8, 4) is 5.75 Å². The highest BCUT2D eigenvalue weighted by molar-refractivity contribution is 5.82. The van der Waals surface area contributed by atoms with E-state index in [2.05, 4.69) is 35.6 Å². The highest BCUT2D eigenvalue weighted by Crippen LogP contribution is 2.37. The Kier molecular flexibility index (Phi) is 8.01. The van der Waals surface area contributed by atoms with Gasteiger partial charge in [-0.1, -0.05) is 25.5 Å². The summed E-state index contributed by atoms with van der Waals surface area (Å²) in [5, 5.41) is 13.9. The maximum atomic E-state index is 12.2. The Morgan fingerprint density at radius 1 is 1.31 bits per heavy atom. The predicted octanol–water partition coefficient (Wildman–Crippen LogP) is 2.13. The van der Waals surface area contributed by atoms with E-state index in [-0.39, 0.29) is 17.9 Å². The van der Waals surface area contributed by atoms with E-state index in [0.717, 1.165) is 37.9 Å². The van der Waals surface area contributed by atoms with Crippen LogP contribution in [0.25, 0.3) is 0 Å². The summed E-state index contributed by atoms with van der Waals surface area (Å²) in [6, 6.07) is 6.19. The van der Waals surface area contributed by atoms with Gasteiger partial charge in [0.25, 0.3) is 0 Å². The van der Waals surface area contributed by atoms with Gasteiger partial charge in [0.15, 0.2) is 0 Å². The molecule has 1 fully saturated rings. The van der Waals surface area contributed by atoms with E-state index in [1.165, 1.54) is 13.3 Å². The van der Waals surface area contributed by atoms with E-state index in [9.17, 15) is 19.5 Å². The van der Waals surface area contributed by atoms with Crippen LogP contribution in [-0.4, -0.2) is 60.7 Å². The van der Waals surface area contributed by atoms with Crippen LogP contribution in [0.15, 0.2) is 24.3 Å². The first-order valence-electron chi connectivity index (χ1n) is 10.0. The number of aliphatic carboxylic acids is 1. The van der Waals surface area contributed by atoms with E-state index in [1.807, 2.05) is 12.1 Å². The van der Waals surface area contributed by atoms with Gasteiger partial charge < -0.3 is 25.4 Å². The molecule has 0 saturated carbocycles.